The largest absolute Gasteiger partial charge is 0.354 e. The first-order valence-corrected chi connectivity index (χ1v) is 17.0. The van der Waals surface area contributed by atoms with Crippen LogP contribution in [0.25, 0.3) is 90.9 Å². The first-order valence-electron chi connectivity index (χ1n) is 17.0. The van der Waals surface area contributed by atoms with E-state index in [1.807, 2.05) is 97.1 Å². The van der Waals surface area contributed by atoms with Gasteiger partial charge in [0, 0.05) is 44.3 Å². The lowest BCUT2D eigenvalue weighted by atomic mass is 9.93. The van der Waals surface area contributed by atoms with Gasteiger partial charge in [-0.1, -0.05) is 119 Å². The summed E-state index contributed by atoms with van der Waals surface area (Å²) in [4.78, 5) is 18.2. The number of aromatic amines is 2. The molecular weight excluding hydrogens is 628 g/mol. The topological polar surface area (TPSA) is 57.4 Å². The van der Waals surface area contributed by atoms with Crippen LogP contribution in [0.3, 0.4) is 0 Å². The summed E-state index contributed by atoms with van der Waals surface area (Å²) < 4.78 is 0. The molecule has 0 fully saturated rings. The van der Waals surface area contributed by atoms with Crippen LogP contribution in [0.4, 0.5) is 0 Å². The second-order valence-electron chi connectivity index (χ2n) is 13.0. The van der Waals surface area contributed by atoms with Gasteiger partial charge in [0.25, 0.3) is 0 Å². The number of fused-ring (bicyclic) bond motifs is 8. The normalized spacial score (nSPS) is 12.0. The zero-order valence-corrected chi connectivity index (χ0v) is 28.1. The molecule has 7 aromatic rings. The summed E-state index contributed by atoms with van der Waals surface area (Å²) in [6.07, 6.45) is 8.29. The van der Waals surface area contributed by atoms with Crippen molar-refractivity contribution in [3.8, 4) is 44.5 Å². The van der Waals surface area contributed by atoms with Crippen LogP contribution in [0.15, 0.2) is 121 Å². The molecule has 0 spiro atoms. The third-order valence-corrected chi connectivity index (χ3v) is 9.55. The van der Waals surface area contributed by atoms with Crippen molar-refractivity contribution in [3.05, 3.63) is 144 Å². The first kappa shape index (κ1) is 31.7. The van der Waals surface area contributed by atoms with Crippen LogP contribution in [0, 0.1) is 0 Å². The van der Waals surface area contributed by atoms with Crippen molar-refractivity contribution in [1.82, 2.24) is 19.9 Å². The van der Waals surface area contributed by atoms with Crippen LogP contribution < -0.4 is 21.9 Å². The zero-order valence-electron chi connectivity index (χ0n) is 28.1. The van der Waals surface area contributed by atoms with E-state index >= 15 is 0 Å². The number of H-pyrrole nitrogens is 2. The van der Waals surface area contributed by atoms with Crippen molar-refractivity contribution in [2.75, 3.05) is 0 Å². The average Bonchev–Trinajstić information content (AvgIpc) is 3.99. The van der Waals surface area contributed by atoms with Crippen molar-refractivity contribution < 1.29 is 0 Å². The molecule has 52 heavy (non-hydrogen) atoms. The van der Waals surface area contributed by atoms with Gasteiger partial charge in [0.15, 0.2) is 0 Å². The SMILES string of the molecule is [B]c1ccc(-c2c3nc(c(-c4ccc([B])cc4)c4ccc([nH]4)c(-c4ccc([B])cc4)c4nc(c(-c5ccc([B])cc5)c5ccc2[nH]5)C=C4)C=C3)cc1. The van der Waals surface area contributed by atoms with Gasteiger partial charge in [0.2, 0.25) is 0 Å². The molecule has 0 amide bonds. The number of aromatic nitrogens is 4. The fraction of sp³-hybridized carbons (Fsp3) is 0. The summed E-state index contributed by atoms with van der Waals surface area (Å²) >= 11 is 0. The Morgan fingerprint density at radius 1 is 0.288 bits per heavy atom. The Bertz CT molecular complexity index is 2370. The Balaban J connectivity index is 1.47. The van der Waals surface area contributed by atoms with Crippen LogP contribution in [-0.2, 0) is 0 Å². The van der Waals surface area contributed by atoms with Crippen molar-refractivity contribution in [3.63, 3.8) is 0 Å². The lowest BCUT2D eigenvalue weighted by Gasteiger charge is -2.08. The minimum absolute atomic E-state index is 0.689. The molecule has 0 saturated carbocycles. The van der Waals surface area contributed by atoms with Gasteiger partial charge in [0.05, 0.1) is 22.8 Å². The van der Waals surface area contributed by atoms with Crippen LogP contribution in [0.5, 0.6) is 0 Å². The average molecular weight is 654 g/mol. The molecule has 8 heteroatoms. The number of hydrogen-bond acceptors (Lipinski definition) is 2. The molecule has 3 aromatic heterocycles. The second kappa shape index (κ2) is 12.8. The summed E-state index contributed by atoms with van der Waals surface area (Å²) in [5, 5.41) is 0. The van der Waals surface area contributed by atoms with E-state index in [2.05, 4.69) is 58.5 Å². The third kappa shape index (κ3) is 5.76. The maximum Gasteiger partial charge on any atom is 0.113 e. The lowest BCUT2D eigenvalue weighted by Crippen LogP contribution is -2.00. The maximum atomic E-state index is 6.15. The van der Waals surface area contributed by atoms with E-state index in [1.54, 1.807) is 0 Å². The minimum Gasteiger partial charge on any atom is -0.354 e. The summed E-state index contributed by atoms with van der Waals surface area (Å²) in [6, 6.07) is 40.0. The van der Waals surface area contributed by atoms with Crippen LogP contribution >= 0.6 is 0 Å². The van der Waals surface area contributed by atoms with E-state index in [4.69, 9.17) is 41.4 Å². The van der Waals surface area contributed by atoms with Gasteiger partial charge in [-0.15, -0.1) is 0 Å². The summed E-state index contributed by atoms with van der Waals surface area (Å²) in [6.45, 7) is 0. The highest BCUT2D eigenvalue weighted by atomic mass is 14.8. The fourth-order valence-corrected chi connectivity index (χ4v) is 7.02. The van der Waals surface area contributed by atoms with E-state index in [9.17, 15) is 0 Å². The quantitative estimate of drug-likeness (QED) is 0.213. The van der Waals surface area contributed by atoms with Gasteiger partial charge in [-0.25, -0.2) is 9.97 Å². The number of nitrogens with zero attached hydrogens (tertiary/aromatic N) is 2. The molecule has 0 saturated heterocycles. The molecule has 9 rings (SSSR count). The smallest absolute Gasteiger partial charge is 0.113 e. The Labute approximate surface area is 307 Å². The molecule has 234 valence electrons. The van der Waals surface area contributed by atoms with Crippen LogP contribution in [0.2, 0.25) is 0 Å². The molecular formula is C44H26B4N4. The molecule has 8 bridgehead atoms. The van der Waals surface area contributed by atoms with Gasteiger partial charge in [-0.2, -0.15) is 0 Å². The molecule has 2 aliphatic heterocycles. The number of hydrogen-bond donors (Lipinski definition) is 2. The van der Waals surface area contributed by atoms with Gasteiger partial charge in [0.1, 0.15) is 31.4 Å². The predicted molar refractivity (Wildman–Crippen MR) is 222 cm³/mol. The van der Waals surface area contributed by atoms with E-state index in [1.165, 1.54) is 0 Å². The molecule has 2 N–H and O–H groups in total. The third-order valence-electron chi connectivity index (χ3n) is 9.55. The van der Waals surface area contributed by atoms with E-state index in [0.29, 0.717) is 21.9 Å². The predicted octanol–water partition coefficient (Wildman–Crippen LogP) is 6.50. The molecule has 0 unspecified atom stereocenters. The van der Waals surface area contributed by atoms with Crippen LogP contribution in [0.1, 0.15) is 22.8 Å². The Morgan fingerprint density at radius 2 is 0.500 bits per heavy atom. The highest BCUT2D eigenvalue weighted by Gasteiger charge is 2.19. The Hall–Kier alpha value is -6.26. The highest BCUT2D eigenvalue weighted by Crippen LogP contribution is 2.38. The standard InChI is InChI=1S/C44H26B4N4/c45-29-9-1-25(2-10-29)41-33-17-19-35(49-33)42(26-3-11-30(46)12-4-26)37-21-23-39(51-37)44(28-7-15-32(48)16-8-28)40-24-22-38(52-40)43(36-20-18-34(41)50-36)27-5-13-31(47)14-6-27/h1-24,49,52H. The van der Waals surface area contributed by atoms with Crippen molar-refractivity contribution in [1.29, 1.82) is 0 Å². The maximum absolute atomic E-state index is 6.15. The number of nitrogens with one attached hydrogen (secondary N) is 2. The number of benzene rings is 4. The summed E-state index contributed by atoms with van der Waals surface area (Å²) in [5.41, 5.74) is 17.3. The molecule has 0 aliphatic carbocycles. The second-order valence-corrected chi connectivity index (χ2v) is 13.0. The van der Waals surface area contributed by atoms with Gasteiger partial charge in [-0.05, 0) is 70.8 Å². The molecule has 0 atom stereocenters. The molecule has 4 nitrogen and oxygen atoms in total. The van der Waals surface area contributed by atoms with Crippen molar-refractivity contribution >= 4 is 99.6 Å². The van der Waals surface area contributed by atoms with E-state index in [-0.39, 0.29) is 0 Å². The van der Waals surface area contributed by atoms with Crippen molar-refractivity contribution in [2.24, 2.45) is 0 Å². The van der Waals surface area contributed by atoms with Crippen molar-refractivity contribution in [2.45, 2.75) is 0 Å². The molecule has 4 aromatic carbocycles. The Morgan fingerprint density at radius 3 is 0.712 bits per heavy atom. The number of rotatable bonds is 4. The highest BCUT2D eigenvalue weighted by molar-refractivity contribution is 6.33. The van der Waals surface area contributed by atoms with Gasteiger partial charge in [-0.3, -0.25) is 0 Å². The van der Waals surface area contributed by atoms with E-state index < -0.39 is 0 Å². The van der Waals surface area contributed by atoms with Gasteiger partial charge < -0.3 is 9.97 Å². The molecule has 5 heterocycles. The fourth-order valence-electron chi connectivity index (χ4n) is 7.02. The van der Waals surface area contributed by atoms with Gasteiger partial charge >= 0.3 is 0 Å². The Kier molecular flexibility index (Phi) is 7.81. The van der Waals surface area contributed by atoms with Crippen LogP contribution in [-0.4, -0.2) is 51.3 Å². The summed E-state index contributed by atoms with van der Waals surface area (Å²) in [7, 11) is 24.6. The lowest BCUT2D eigenvalue weighted by molar-refractivity contribution is 1.31. The monoisotopic (exact) mass is 654 g/mol. The molecule has 8 radical (unpaired) electrons. The zero-order chi connectivity index (χ0) is 35.3. The minimum atomic E-state index is 0.689. The van der Waals surface area contributed by atoms with E-state index in [0.717, 1.165) is 89.4 Å². The summed E-state index contributed by atoms with van der Waals surface area (Å²) in [5.74, 6) is 0. The molecule has 2 aliphatic rings. The first-order chi connectivity index (χ1) is 25.4.